The van der Waals surface area contributed by atoms with E-state index in [0.717, 1.165) is 0 Å². The van der Waals surface area contributed by atoms with Crippen molar-refractivity contribution in [1.82, 2.24) is 0 Å². The first-order valence-electron chi connectivity index (χ1n) is 4.64. The number of rotatable bonds is 6. The SMILES string of the molecule is CC(C)CCCC(F)(F)C(F)(F)S(=O)(=O)O. The summed E-state index contributed by atoms with van der Waals surface area (Å²) in [5.41, 5.74) is 0. The van der Waals surface area contributed by atoms with Gasteiger partial charge in [-0.05, 0) is 12.3 Å². The lowest BCUT2D eigenvalue weighted by Gasteiger charge is -2.23. The van der Waals surface area contributed by atoms with Crippen molar-refractivity contribution in [3.8, 4) is 0 Å². The minimum absolute atomic E-state index is 0.0511. The van der Waals surface area contributed by atoms with Gasteiger partial charge in [-0.1, -0.05) is 20.3 Å². The molecule has 0 amide bonds. The lowest BCUT2D eigenvalue weighted by molar-refractivity contribution is -0.165. The van der Waals surface area contributed by atoms with Crippen LogP contribution in [0.5, 0.6) is 0 Å². The van der Waals surface area contributed by atoms with E-state index in [2.05, 4.69) is 0 Å². The van der Waals surface area contributed by atoms with Crippen LogP contribution in [0.2, 0.25) is 0 Å². The van der Waals surface area contributed by atoms with E-state index in [-0.39, 0.29) is 18.8 Å². The third-order valence-corrected chi connectivity index (χ3v) is 2.97. The van der Waals surface area contributed by atoms with Crippen molar-refractivity contribution in [2.24, 2.45) is 5.92 Å². The van der Waals surface area contributed by atoms with Gasteiger partial charge in [0.1, 0.15) is 0 Å². The summed E-state index contributed by atoms with van der Waals surface area (Å²) in [5.74, 6) is -4.70. The van der Waals surface area contributed by atoms with Crippen molar-refractivity contribution < 1.29 is 30.5 Å². The summed E-state index contributed by atoms with van der Waals surface area (Å²) in [6.07, 6.45) is -1.25. The molecule has 0 aromatic rings. The quantitative estimate of drug-likeness (QED) is 0.594. The van der Waals surface area contributed by atoms with Crippen molar-refractivity contribution >= 4 is 10.1 Å². The number of hydrogen-bond acceptors (Lipinski definition) is 2. The van der Waals surface area contributed by atoms with E-state index in [9.17, 15) is 26.0 Å². The van der Waals surface area contributed by atoms with Gasteiger partial charge in [0.15, 0.2) is 0 Å². The van der Waals surface area contributed by atoms with Crippen LogP contribution in [-0.4, -0.2) is 24.1 Å². The highest BCUT2D eigenvalue weighted by molar-refractivity contribution is 7.87. The summed E-state index contributed by atoms with van der Waals surface area (Å²) in [6.45, 7) is 3.44. The molecule has 0 spiro atoms. The van der Waals surface area contributed by atoms with Gasteiger partial charge >= 0.3 is 21.3 Å². The number of hydrogen-bond donors (Lipinski definition) is 1. The molecule has 0 saturated carbocycles. The second kappa shape index (κ2) is 4.87. The summed E-state index contributed by atoms with van der Waals surface area (Å²) in [7, 11) is -6.09. The molecule has 0 unspecified atom stereocenters. The maximum atomic E-state index is 12.9. The fraction of sp³-hybridized carbons (Fsp3) is 1.00. The lowest BCUT2D eigenvalue weighted by atomic mass is 10.0. The van der Waals surface area contributed by atoms with Gasteiger partial charge in [0.25, 0.3) is 0 Å². The van der Waals surface area contributed by atoms with E-state index in [1.54, 1.807) is 13.8 Å². The molecule has 0 bridgehead atoms. The summed E-state index contributed by atoms with van der Waals surface area (Å²) >= 11 is 0. The highest BCUT2D eigenvalue weighted by Crippen LogP contribution is 2.41. The van der Waals surface area contributed by atoms with Gasteiger partial charge in [0.05, 0.1) is 0 Å². The van der Waals surface area contributed by atoms with E-state index >= 15 is 0 Å². The Bertz CT molecular complexity index is 324. The zero-order chi connectivity index (χ0) is 13.2. The molecule has 0 atom stereocenters. The van der Waals surface area contributed by atoms with Crippen LogP contribution in [-0.2, 0) is 10.1 Å². The Morgan fingerprint density at radius 3 is 1.94 bits per heavy atom. The molecule has 0 fully saturated rings. The molecular weight excluding hydrogens is 252 g/mol. The van der Waals surface area contributed by atoms with Crippen LogP contribution < -0.4 is 0 Å². The molecule has 0 aliphatic carbocycles. The molecule has 1 N–H and O–H groups in total. The fourth-order valence-electron chi connectivity index (χ4n) is 1.07. The van der Waals surface area contributed by atoms with Gasteiger partial charge in [-0.25, -0.2) is 0 Å². The molecule has 0 aromatic carbocycles. The Labute approximate surface area is 91.6 Å². The normalized spacial score (nSPS) is 14.5. The van der Waals surface area contributed by atoms with Gasteiger partial charge < -0.3 is 0 Å². The predicted octanol–water partition coefficient (Wildman–Crippen LogP) is 2.93. The second-order valence-electron chi connectivity index (χ2n) is 3.98. The Kier molecular flexibility index (Phi) is 4.75. The molecule has 0 aromatic heterocycles. The third-order valence-electron chi connectivity index (χ3n) is 2.02. The molecule has 3 nitrogen and oxygen atoms in total. The van der Waals surface area contributed by atoms with Gasteiger partial charge in [-0.3, -0.25) is 4.55 Å². The molecule has 0 saturated heterocycles. The lowest BCUT2D eigenvalue weighted by Crippen LogP contribution is -2.46. The highest BCUT2D eigenvalue weighted by Gasteiger charge is 2.64. The van der Waals surface area contributed by atoms with Gasteiger partial charge in [-0.15, -0.1) is 0 Å². The van der Waals surface area contributed by atoms with E-state index < -0.39 is 27.7 Å². The van der Waals surface area contributed by atoms with Gasteiger partial charge in [-0.2, -0.15) is 26.0 Å². The molecule has 98 valence electrons. The van der Waals surface area contributed by atoms with Gasteiger partial charge in [0, 0.05) is 6.42 Å². The van der Waals surface area contributed by atoms with Crippen LogP contribution in [0.1, 0.15) is 33.1 Å². The average Bonchev–Trinajstić information content (AvgIpc) is 2.00. The molecular formula is C8H14F4O3S. The first kappa shape index (κ1) is 15.6. The minimum atomic E-state index is -6.09. The van der Waals surface area contributed by atoms with Crippen molar-refractivity contribution in [1.29, 1.82) is 0 Å². The van der Waals surface area contributed by atoms with Crippen LogP contribution >= 0.6 is 0 Å². The molecule has 0 rings (SSSR count). The Balaban J connectivity index is 4.66. The second-order valence-corrected chi connectivity index (χ2v) is 5.45. The monoisotopic (exact) mass is 266 g/mol. The molecule has 0 aliphatic heterocycles. The Hall–Kier alpha value is -0.370. The average molecular weight is 266 g/mol. The van der Waals surface area contributed by atoms with Crippen molar-refractivity contribution in [3.63, 3.8) is 0 Å². The molecule has 16 heavy (non-hydrogen) atoms. The first-order valence-corrected chi connectivity index (χ1v) is 6.08. The van der Waals surface area contributed by atoms with E-state index in [0.29, 0.717) is 0 Å². The van der Waals surface area contributed by atoms with Crippen molar-refractivity contribution in [2.45, 2.75) is 44.3 Å². The third kappa shape index (κ3) is 3.58. The topological polar surface area (TPSA) is 54.4 Å². The highest BCUT2D eigenvalue weighted by atomic mass is 32.2. The zero-order valence-electron chi connectivity index (χ0n) is 8.88. The first-order chi connectivity index (χ1) is 6.92. The molecule has 0 radical (unpaired) electrons. The van der Waals surface area contributed by atoms with E-state index in [1.807, 2.05) is 0 Å². The largest absolute Gasteiger partial charge is 0.431 e. The molecule has 8 heteroatoms. The molecule has 0 aliphatic rings. The van der Waals surface area contributed by atoms with Crippen LogP contribution in [0.4, 0.5) is 17.6 Å². The number of halogens is 4. The fourth-order valence-corrected chi connectivity index (χ4v) is 1.55. The summed E-state index contributed by atoms with van der Waals surface area (Å²) in [6, 6.07) is 0. The molecule has 0 heterocycles. The van der Waals surface area contributed by atoms with Crippen molar-refractivity contribution in [3.05, 3.63) is 0 Å². The van der Waals surface area contributed by atoms with Crippen LogP contribution in [0.3, 0.4) is 0 Å². The van der Waals surface area contributed by atoms with Gasteiger partial charge in [0.2, 0.25) is 0 Å². The predicted molar refractivity (Wildman–Crippen MR) is 50.1 cm³/mol. The van der Waals surface area contributed by atoms with E-state index in [4.69, 9.17) is 4.55 Å². The standard InChI is InChI=1S/C8H14F4O3S/c1-6(2)4-3-5-7(9,10)8(11,12)16(13,14)15/h6H,3-5H2,1-2H3,(H,13,14,15). The summed E-state index contributed by atoms with van der Waals surface area (Å²) < 4.78 is 79.3. The summed E-state index contributed by atoms with van der Waals surface area (Å²) in [5, 5.41) is -5.43. The van der Waals surface area contributed by atoms with Crippen molar-refractivity contribution in [2.75, 3.05) is 0 Å². The smallest absolute Gasteiger partial charge is 0.281 e. The Morgan fingerprint density at radius 2 is 1.62 bits per heavy atom. The zero-order valence-corrected chi connectivity index (χ0v) is 9.70. The van der Waals surface area contributed by atoms with Crippen LogP contribution in [0, 0.1) is 5.92 Å². The Morgan fingerprint density at radius 1 is 1.19 bits per heavy atom. The summed E-state index contributed by atoms with van der Waals surface area (Å²) in [4.78, 5) is 0. The number of alkyl halides is 4. The van der Waals surface area contributed by atoms with E-state index in [1.165, 1.54) is 0 Å². The van der Waals surface area contributed by atoms with Crippen LogP contribution in [0.15, 0.2) is 0 Å². The van der Waals surface area contributed by atoms with Crippen LogP contribution in [0.25, 0.3) is 0 Å². The minimum Gasteiger partial charge on any atom is -0.281 e. The maximum absolute atomic E-state index is 12.9. The maximum Gasteiger partial charge on any atom is 0.431 e.